The first-order valence-corrected chi connectivity index (χ1v) is 9.42. The van der Waals surface area contributed by atoms with Crippen LogP contribution >= 0.6 is 0 Å². The maximum absolute atomic E-state index is 15.1. The van der Waals surface area contributed by atoms with Crippen molar-refractivity contribution < 1.29 is 8.78 Å². The van der Waals surface area contributed by atoms with Gasteiger partial charge in [-0.15, -0.1) is 0 Å². The molecule has 0 spiro atoms. The van der Waals surface area contributed by atoms with Crippen molar-refractivity contribution in [2.24, 2.45) is 17.6 Å². The van der Waals surface area contributed by atoms with Crippen LogP contribution in [0.2, 0.25) is 0 Å². The highest BCUT2D eigenvalue weighted by atomic mass is 19.1. The summed E-state index contributed by atoms with van der Waals surface area (Å²) in [6.07, 6.45) is 4.29. The second-order valence-electron chi connectivity index (χ2n) is 8.12. The summed E-state index contributed by atoms with van der Waals surface area (Å²) in [5.74, 6) is 4.60. The van der Waals surface area contributed by atoms with Gasteiger partial charge in [-0.25, -0.2) is 13.6 Å². The lowest BCUT2D eigenvalue weighted by atomic mass is 9.97. The number of hydrogen-bond acceptors (Lipinski definition) is 5. The number of fused-ring (bicyclic) bond motifs is 2. The van der Waals surface area contributed by atoms with E-state index >= 15 is 4.39 Å². The highest BCUT2D eigenvalue weighted by Gasteiger charge is 2.43. The number of rotatable bonds is 2. The van der Waals surface area contributed by atoms with Gasteiger partial charge in [0, 0.05) is 36.1 Å². The molecule has 1 aliphatic heterocycles. The number of anilines is 1. The van der Waals surface area contributed by atoms with Crippen molar-refractivity contribution in [3.05, 3.63) is 55.9 Å². The number of nitrogen functional groups attached to an aromatic ring is 1. The lowest BCUT2D eigenvalue weighted by molar-refractivity contribution is 0.433. The number of aryl methyl sites for hydroxylation is 1. The minimum Gasteiger partial charge on any atom is -0.368 e. The van der Waals surface area contributed by atoms with Gasteiger partial charge in [-0.1, -0.05) is 0 Å². The van der Waals surface area contributed by atoms with E-state index in [0.29, 0.717) is 40.1 Å². The van der Waals surface area contributed by atoms with Gasteiger partial charge in [0.25, 0.3) is 5.56 Å². The fourth-order valence-corrected chi connectivity index (χ4v) is 4.87. The van der Waals surface area contributed by atoms with Crippen LogP contribution in [0.3, 0.4) is 0 Å². The van der Waals surface area contributed by atoms with E-state index in [9.17, 15) is 14.0 Å². The molecule has 3 atom stereocenters. The molecule has 1 saturated heterocycles. The van der Waals surface area contributed by atoms with E-state index in [1.807, 2.05) is 4.90 Å². The third-order valence-electron chi connectivity index (χ3n) is 6.40. The molecule has 0 amide bonds. The molecule has 2 aromatic heterocycles. The van der Waals surface area contributed by atoms with Crippen molar-refractivity contribution in [3.8, 4) is 0 Å². The Labute approximate surface area is 158 Å². The fraction of sp³-hybridized carbons (Fsp3) is 0.474. The number of halogens is 2. The van der Waals surface area contributed by atoms with E-state index in [2.05, 4.69) is 0 Å². The molecule has 2 fully saturated rings. The SMILES string of the molecule is Cc1c(N2CC3C=C(F)C(N)C3C2)c(F)cn2c(=O)n(N)c(=O)c(C3CC3)c12. The molecular formula is C19H21F2N5O2. The molecule has 4 N–H and O–H groups in total. The monoisotopic (exact) mass is 389 g/mol. The summed E-state index contributed by atoms with van der Waals surface area (Å²) in [6, 6.07) is -0.673. The lowest BCUT2D eigenvalue weighted by Crippen LogP contribution is -2.44. The van der Waals surface area contributed by atoms with Crippen LogP contribution in [0.1, 0.15) is 29.9 Å². The van der Waals surface area contributed by atoms with Crippen LogP contribution in [0, 0.1) is 24.6 Å². The van der Waals surface area contributed by atoms with Crippen molar-refractivity contribution in [1.29, 1.82) is 0 Å². The zero-order chi connectivity index (χ0) is 19.9. The van der Waals surface area contributed by atoms with Gasteiger partial charge < -0.3 is 16.5 Å². The smallest absolute Gasteiger partial charge is 0.354 e. The van der Waals surface area contributed by atoms with Crippen LogP contribution < -0.4 is 27.7 Å². The van der Waals surface area contributed by atoms with Crippen LogP contribution in [0.15, 0.2) is 27.7 Å². The number of hydrogen-bond donors (Lipinski definition) is 2. The topological polar surface area (TPSA) is 98.8 Å². The van der Waals surface area contributed by atoms with E-state index < -0.39 is 23.1 Å². The normalized spacial score (nSPS) is 26.8. The first kappa shape index (κ1) is 17.4. The van der Waals surface area contributed by atoms with Gasteiger partial charge in [-0.2, -0.15) is 4.68 Å². The summed E-state index contributed by atoms with van der Waals surface area (Å²) >= 11 is 0. The fourth-order valence-electron chi connectivity index (χ4n) is 4.87. The molecule has 1 saturated carbocycles. The van der Waals surface area contributed by atoms with Gasteiger partial charge >= 0.3 is 5.69 Å². The highest BCUT2D eigenvalue weighted by Crippen LogP contribution is 2.44. The van der Waals surface area contributed by atoms with Gasteiger partial charge in [-0.05, 0) is 31.8 Å². The second-order valence-corrected chi connectivity index (χ2v) is 8.12. The minimum absolute atomic E-state index is 0.0262. The molecule has 0 bridgehead atoms. The largest absolute Gasteiger partial charge is 0.368 e. The van der Waals surface area contributed by atoms with Gasteiger partial charge in [0.1, 0.15) is 5.83 Å². The Balaban J connectivity index is 1.72. The van der Waals surface area contributed by atoms with Gasteiger partial charge in [0.2, 0.25) is 0 Å². The molecular weight excluding hydrogens is 368 g/mol. The maximum atomic E-state index is 15.1. The zero-order valence-corrected chi connectivity index (χ0v) is 15.4. The van der Waals surface area contributed by atoms with E-state index in [-0.39, 0.29) is 23.6 Å². The summed E-state index contributed by atoms with van der Waals surface area (Å²) in [5, 5.41) is 0. The molecule has 0 radical (unpaired) electrons. The molecule has 2 aliphatic carbocycles. The number of pyridine rings is 1. The third kappa shape index (κ3) is 2.22. The van der Waals surface area contributed by atoms with Crippen molar-refractivity contribution in [1.82, 2.24) is 9.08 Å². The van der Waals surface area contributed by atoms with E-state index in [4.69, 9.17) is 11.6 Å². The van der Waals surface area contributed by atoms with Crippen LogP contribution in [0.5, 0.6) is 0 Å². The first-order valence-electron chi connectivity index (χ1n) is 9.42. The summed E-state index contributed by atoms with van der Waals surface area (Å²) in [7, 11) is 0. The van der Waals surface area contributed by atoms with E-state index in [1.165, 1.54) is 6.08 Å². The number of nitrogens with two attached hydrogens (primary N) is 2. The molecule has 2 aromatic rings. The summed E-state index contributed by atoms with van der Waals surface area (Å²) in [4.78, 5) is 27.0. The van der Waals surface area contributed by atoms with Gasteiger partial charge in [0.05, 0.1) is 23.4 Å². The van der Waals surface area contributed by atoms with Crippen LogP contribution in [-0.2, 0) is 0 Å². The molecule has 0 aromatic carbocycles. The van der Waals surface area contributed by atoms with Crippen LogP contribution in [-0.4, -0.2) is 28.2 Å². The van der Waals surface area contributed by atoms with Crippen molar-refractivity contribution in [2.75, 3.05) is 23.8 Å². The molecule has 5 rings (SSSR count). The zero-order valence-electron chi connectivity index (χ0n) is 15.4. The molecule has 3 unspecified atom stereocenters. The Morgan fingerprint density at radius 2 is 1.89 bits per heavy atom. The molecule has 3 aliphatic rings. The van der Waals surface area contributed by atoms with E-state index in [0.717, 1.165) is 23.4 Å². The Morgan fingerprint density at radius 3 is 2.54 bits per heavy atom. The average Bonchev–Trinajstić information content (AvgIpc) is 3.35. The number of aromatic nitrogens is 2. The van der Waals surface area contributed by atoms with Crippen LogP contribution in [0.4, 0.5) is 14.5 Å². The summed E-state index contributed by atoms with van der Waals surface area (Å²) in [6.45, 7) is 2.57. The molecule has 3 heterocycles. The van der Waals surface area contributed by atoms with E-state index in [1.54, 1.807) is 6.92 Å². The summed E-state index contributed by atoms with van der Waals surface area (Å²) in [5.41, 5.74) is 6.38. The Hall–Kier alpha value is -2.68. The number of nitrogens with zero attached hydrogens (tertiary/aromatic N) is 3. The predicted molar refractivity (Wildman–Crippen MR) is 101 cm³/mol. The lowest BCUT2D eigenvalue weighted by Gasteiger charge is -2.25. The molecule has 148 valence electrons. The minimum atomic E-state index is -0.775. The Kier molecular flexibility index (Phi) is 3.52. The first-order chi connectivity index (χ1) is 13.3. The molecule has 7 nitrogen and oxygen atoms in total. The van der Waals surface area contributed by atoms with Crippen molar-refractivity contribution in [2.45, 2.75) is 31.7 Å². The second kappa shape index (κ2) is 5.66. The van der Waals surface area contributed by atoms with Crippen molar-refractivity contribution >= 4 is 11.2 Å². The third-order valence-corrected chi connectivity index (χ3v) is 6.40. The maximum Gasteiger partial charge on any atom is 0.354 e. The summed E-state index contributed by atoms with van der Waals surface area (Å²) < 4.78 is 30.5. The van der Waals surface area contributed by atoms with Crippen molar-refractivity contribution in [3.63, 3.8) is 0 Å². The van der Waals surface area contributed by atoms with Crippen LogP contribution in [0.25, 0.3) is 5.52 Å². The van der Waals surface area contributed by atoms with Gasteiger partial charge in [0.15, 0.2) is 5.82 Å². The predicted octanol–water partition coefficient (Wildman–Crippen LogP) is 0.747. The van der Waals surface area contributed by atoms with Gasteiger partial charge in [-0.3, -0.25) is 9.20 Å². The average molecular weight is 389 g/mol. The Morgan fingerprint density at radius 1 is 1.18 bits per heavy atom. The standard InChI is InChI=1S/C19H21F2N5O2/c1-8-16(24-5-10-4-12(20)15(22)11(10)6-24)13(21)7-25-17(8)14(9-2-3-9)18(27)26(23)19(25)28/h4,7,9-11,15H,2-3,5-6,22-23H2,1H3. The molecule has 28 heavy (non-hydrogen) atoms. The molecule has 9 heteroatoms. The Bertz CT molecular complexity index is 1160. The quantitative estimate of drug-likeness (QED) is 0.739. The highest BCUT2D eigenvalue weighted by molar-refractivity contribution is 5.73.